The number of nitrogens with one attached hydrogen (secondary N) is 1. The van der Waals surface area contributed by atoms with Gasteiger partial charge in [-0.25, -0.2) is 0 Å². The van der Waals surface area contributed by atoms with E-state index in [0.717, 1.165) is 6.42 Å². The fraction of sp³-hybridized carbons (Fsp3) is 0.304. The number of amides is 2. The lowest BCUT2D eigenvalue weighted by atomic mass is 10.1. The summed E-state index contributed by atoms with van der Waals surface area (Å²) in [4.78, 5) is 40.6. The van der Waals surface area contributed by atoms with Crippen molar-refractivity contribution in [2.45, 2.75) is 25.8 Å². The van der Waals surface area contributed by atoms with E-state index in [1.165, 1.54) is 16.9 Å². The van der Waals surface area contributed by atoms with Gasteiger partial charge in [-0.1, -0.05) is 25.1 Å². The highest BCUT2D eigenvalue weighted by molar-refractivity contribution is 7.80. The molecule has 2 aromatic carbocycles. The first kappa shape index (κ1) is 23.2. The molecule has 8 nitrogen and oxygen atoms in total. The van der Waals surface area contributed by atoms with Crippen LogP contribution in [-0.2, 0) is 19.1 Å². The predicted octanol–water partition coefficient (Wildman–Crippen LogP) is 2.98. The molecule has 0 saturated carbocycles. The molecular formula is C23H25N3O5S. The molecule has 1 aliphatic heterocycles. The first-order chi connectivity index (χ1) is 15.4. The van der Waals surface area contributed by atoms with E-state index in [1.807, 2.05) is 13.0 Å². The van der Waals surface area contributed by atoms with Gasteiger partial charge in [-0.3, -0.25) is 19.3 Å². The minimum Gasteiger partial charge on any atom is -0.494 e. The third-order valence-corrected chi connectivity index (χ3v) is 5.27. The van der Waals surface area contributed by atoms with E-state index in [1.54, 1.807) is 48.5 Å². The van der Waals surface area contributed by atoms with Crippen LogP contribution in [0.25, 0.3) is 0 Å². The number of anilines is 2. The molecule has 1 unspecified atom stereocenters. The maximum Gasteiger partial charge on any atom is 0.325 e. The Morgan fingerprint density at radius 2 is 1.78 bits per heavy atom. The van der Waals surface area contributed by atoms with E-state index in [4.69, 9.17) is 21.7 Å². The lowest BCUT2D eigenvalue weighted by Gasteiger charge is -2.22. The molecule has 32 heavy (non-hydrogen) atoms. The first-order valence-corrected chi connectivity index (χ1v) is 10.6. The first-order valence-electron chi connectivity index (χ1n) is 10.2. The minimum absolute atomic E-state index is 0.154. The molecule has 0 aliphatic carbocycles. The van der Waals surface area contributed by atoms with Crippen molar-refractivity contribution in [3.05, 3.63) is 54.6 Å². The zero-order valence-electron chi connectivity index (χ0n) is 17.9. The standard InChI is InChI=1S/C23H25N3O5S/c1-3-13-31-18-11-9-16(10-12-18)24-20(27)14-19-22(29)26(17-7-5-4-6-8-17)23(32)25(19)15-21(28)30-2/h4-12,19H,3,13-15H2,1-2H3,(H,24,27). The number of ether oxygens (including phenoxy) is 2. The van der Waals surface area contributed by atoms with Crippen molar-refractivity contribution in [2.75, 3.05) is 30.5 Å². The highest BCUT2D eigenvalue weighted by Gasteiger charge is 2.45. The molecule has 168 valence electrons. The Balaban J connectivity index is 1.74. The Morgan fingerprint density at radius 1 is 1.09 bits per heavy atom. The minimum atomic E-state index is -0.922. The number of para-hydroxylation sites is 1. The Labute approximate surface area is 192 Å². The second-order valence-corrected chi connectivity index (χ2v) is 7.50. The molecule has 0 radical (unpaired) electrons. The number of nitrogens with zero attached hydrogens (tertiary/aromatic N) is 2. The van der Waals surface area contributed by atoms with Crippen LogP contribution in [0.15, 0.2) is 54.6 Å². The van der Waals surface area contributed by atoms with Gasteiger partial charge in [-0.2, -0.15) is 0 Å². The maximum atomic E-state index is 13.2. The zero-order chi connectivity index (χ0) is 23.1. The van der Waals surface area contributed by atoms with E-state index in [2.05, 4.69) is 5.32 Å². The predicted molar refractivity (Wildman–Crippen MR) is 125 cm³/mol. The number of rotatable bonds is 9. The highest BCUT2D eigenvalue weighted by Crippen LogP contribution is 2.27. The van der Waals surface area contributed by atoms with Crippen LogP contribution in [0.1, 0.15) is 19.8 Å². The molecule has 1 aliphatic rings. The van der Waals surface area contributed by atoms with Crippen molar-refractivity contribution in [1.29, 1.82) is 0 Å². The molecular weight excluding hydrogens is 430 g/mol. The van der Waals surface area contributed by atoms with E-state index >= 15 is 0 Å². The third-order valence-electron chi connectivity index (χ3n) is 4.85. The van der Waals surface area contributed by atoms with Gasteiger partial charge in [0.25, 0.3) is 5.91 Å². The number of thiocarbonyl (C=S) groups is 1. The van der Waals surface area contributed by atoms with Gasteiger partial charge in [-0.05, 0) is 55.0 Å². The monoisotopic (exact) mass is 455 g/mol. The molecule has 0 spiro atoms. The van der Waals surface area contributed by atoms with Crippen LogP contribution in [0.4, 0.5) is 11.4 Å². The molecule has 9 heteroatoms. The SMILES string of the molecule is CCCOc1ccc(NC(=O)CC2C(=O)N(c3ccccc3)C(=S)N2CC(=O)OC)cc1. The van der Waals surface area contributed by atoms with E-state index in [-0.39, 0.29) is 29.9 Å². The van der Waals surface area contributed by atoms with Gasteiger partial charge in [0.1, 0.15) is 18.3 Å². The molecule has 1 fully saturated rings. The normalized spacial score (nSPS) is 15.6. The number of hydrogen-bond donors (Lipinski definition) is 1. The summed E-state index contributed by atoms with van der Waals surface area (Å²) in [6, 6.07) is 14.9. The molecule has 3 rings (SSSR count). The Morgan fingerprint density at radius 3 is 2.41 bits per heavy atom. The summed E-state index contributed by atoms with van der Waals surface area (Å²) < 4.78 is 10.3. The van der Waals surface area contributed by atoms with Gasteiger partial charge in [0.15, 0.2) is 5.11 Å². The molecule has 1 heterocycles. The lowest BCUT2D eigenvalue weighted by molar-refractivity contribution is -0.141. The summed E-state index contributed by atoms with van der Waals surface area (Å²) in [6.45, 7) is 2.40. The second-order valence-electron chi connectivity index (χ2n) is 7.14. The number of esters is 1. The van der Waals surface area contributed by atoms with Crippen LogP contribution < -0.4 is 15.0 Å². The fourth-order valence-corrected chi connectivity index (χ4v) is 3.66. The molecule has 0 bridgehead atoms. The van der Waals surface area contributed by atoms with Crippen molar-refractivity contribution in [3.8, 4) is 5.75 Å². The van der Waals surface area contributed by atoms with Gasteiger partial charge in [0.05, 0.1) is 25.8 Å². The summed E-state index contributed by atoms with van der Waals surface area (Å²) in [5, 5.41) is 2.93. The van der Waals surface area contributed by atoms with Crippen molar-refractivity contribution >= 4 is 46.5 Å². The fourth-order valence-electron chi connectivity index (χ4n) is 3.27. The highest BCUT2D eigenvalue weighted by atomic mass is 32.1. The number of methoxy groups -OCH3 is 1. The van der Waals surface area contributed by atoms with Crippen LogP contribution in [0.2, 0.25) is 0 Å². The Kier molecular flexibility index (Phi) is 7.77. The summed E-state index contributed by atoms with van der Waals surface area (Å²) in [7, 11) is 1.26. The van der Waals surface area contributed by atoms with Crippen molar-refractivity contribution in [1.82, 2.24) is 4.90 Å². The Bertz CT molecular complexity index is 981. The van der Waals surface area contributed by atoms with Gasteiger partial charge < -0.3 is 19.7 Å². The molecule has 0 aromatic heterocycles. The molecule has 1 saturated heterocycles. The van der Waals surface area contributed by atoms with E-state index in [9.17, 15) is 14.4 Å². The van der Waals surface area contributed by atoms with Gasteiger partial charge in [0, 0.05) is 5.69 Å². The number of carbonyl (C=O) groups is 3. The molecule has 1 atom stereocenters. The number of carbonyl (C=O) groups excluding carboxylic acids is 3. The molecule has 2 amide bonds. The summed E-state index contributed by atoms with van der Waals surface area (Å²) in [6.07, 6.45) is 0.727. The largest absolute Gasteiger partial charge is 0.494 e. The van der Waals surface area contributed by atoms with Gasteiger partial charge >= 0.3 is 5.97 Å². The van der Waals surface area contributed by atoms with Crippen LogP contribution >= 0.6 is 12.2 Å². The van der Waals surface area contributed by atoms with Crippen LogP contribution in [0, 0.1) is 0 Å². The van der Waals surface area contributed by atoms with Gasteiger partial charge in [-0.15, -0.1) is 0 Å². The van der Waals surface area contributed by atoms with Crippen LogP contribution in [0.3, 0.4) is 0 Å². The van der Waals surface area contributed by atoms with Crippen LogP contribution in [-0.4, -0.2) is 54.1 Å². The van der Waals surface area contributed by atoms with Crippen LogP contribution in [0.5, 0.6) is 5.75 Å². The Hall–Kier alpha value is -3.46. The van der Waals surface area contributed by atoms with E-state index in [0.29, 0.717) is 23.7 Å². The average Bonchev–Trinajstić information content (AvgIpc) is 3.02. The average molecular weight is 456 g/mol. The maximum absolute atomic E-state index is 13.2. The third kappa shape index (κ3) is 5.42. The zero-order valence-corrected chi connectivity index (χ0v) is 18.8. The molecule has 1 N–H and O–H groups in total. The topological polar surface area (TPSA) is 88.2 Å². The smallest absolute Gasteiger partial charge is 0.325 e. The summed E-state index contributed by atoms with van der Waals surface area (Å²) in [5.74, 6) is -0.589. The number of hydrogen-bond acceptors (Lipinski definition) is 6. The van der Waals surface area contributed by atoms with Crippen molar-refractivity contribution in [2.24, 2.45) is 0 Å². The number of benzene rings is 2. The lowest BCUT2D eigenvalue weighted by Crippen LogP contribution is -2.41. The van der Waals surface area contributed by atoms with Gasteiger partial charge in [0.2, 0.25) is 5.91 Å². The van der Waals surface area contributed by atoms with Crippen molar-refractivity contribution < 1.29 is 23.9 Å². The summed E-state index contributed by atoms with van der Waals surface area (Å²) >= 11 is 5.47. The quantitative estimate of drug-likeness (QED) is 0.459. The van der Waals surface area contributed by atoms with E-state index < -0.39 is 12.0 Å². The second kappa shape index (κ2) is 10.7. The summed E-state index contributed by atoms with van der Waals surface area (Å²) in [5.41, 5.74) is 1.15. The molecule has 2 aromatic rings. The van der Waals surface area contributed by atoms with Crippen molar-refractivity contribution in [3.63, 3.8) is 0 Å².